The van der Waals surface area contributed by atoms with Crippen molar-refractivity contribution in [1.82, 2.24) is 0 Å². The molecule has 0 aromatic carbocycles. The maximum Gasteiger partial charge on any atom is 0.303 e. The highest BCUT2D eigenvalue weighted by Gasteiger charge is 2.85. The molecule has 9 nitrogen and oxygen atoms in total. The van der Waals surface area contributed by atoms with Crippen molar-refractivity contribution >= 4 is 5.97 Å². The van der Waals surface area contributed by atoms with E-state index >= 15 is 4.39 Å². The molecule has 7 aliphatic rings. The van der Waals surface area contributed by atoms with Crippen molar-refractivity contribution in [2.45, 2.75) is 168 Å². The van der Waals surface area contributed by atoms with Crippen LogP contribution >= 0.6 is 0 Å². The lowest BCUT2D eigenvalue weighted by atomic mass is 9.41. The summed E-state index contributed by atoms with van der Waals surface area (Å²) in [6, 6.07) is 0. The average molecular weight is 667 g/mol. The second-order valence-electron chi connectivity index (χ2n) is 18.6. The lowest BCUT2D eigenvalue weighted by molar-refractivity contribution is -0.303. The van der Waals surface area contributed by atoms with Gasteiger partial charge in [0.2, 0.25) is 0 Å². The topological polar surface area (TPSA) is 135 Å². The van der Waals surface area contributed by atoms with Crippen LogP contribution in [0.5, 0.6) is 0 Å². The van der Waals surface area contributed by atoms with Crippen LogP contribution in [0.25, 0.3) is 0 Å². The molecular formula is C37H59FO9. The van der Waals surface area contributed by atoms with Crippen LogP contribution in [0.4, 0.5) is 4.39 Å². The summed E-state index contributed by atoms with van der Waals surface area (Å²) in [6.07, 6.45) is -0.677. The highest BCUT2D eigenvalue weighted by atomic mass is 19.1. The molecule has 2 saturated heterocycles. The van der Waals surface area contributed by atoms with Gasteiger partial charge in [-0.05, 0) is 111 Å². The van der Waals surface area contributed by atoms with Gasteiger partial charge in [0.25, 0.3) is 0 Å². The fourth-order valence-corrected chi connectivity index (χ4v) is 13.6. The molecule has 7 rings (SSSR count). The van der Waals surface area contributed by atoms with Crippen LogP contribution in [0.1, 0.15) is 107 Å². The Morgan fingerprint density at radius 3 is 2.30 bits per heavy atom. The summed E-state index contributed by atoms with van der Waals surface area (Å²) in [6.45, 7) is 15.8. The van der Waals surface area contributed by atoms with E-state index in [1.165, 1.54) is 6.92 Å². The Kier molecular flexibility index (Phi) is 7.95. The fourth-order valence-electron chi connectivity index (χ4n) is 13.6. The Balaban J connectivity index is 1.14. The Labute approximate surface area is 279 Å². The number of aliphatic hydroxyl groups is 4. The van der Waals surface area contributed by atoms with Gasteiger partial charge in [-0.2, -0.15) is 0 Å². The molecule has 4 N–H and O–H groups in total. The molecule has 17 unspecified atom stereocenters. The molecule has 0 aromatic heterocycles. The first-order chi connectivity index (χ1) is 21.8. The maximum absolute atomic E-state index is 17.6. The number of rotatable bonds is 5. The van der Waals surface area contributed by atoms with E-state index in [9.17, 15) is 25.2 Å². The molecule has 2 spiro atoms. The summed E-state index contributed by atoms with van der Waals surface area (Å²) in [5, 5.41) is 41.8. The van der Waals surface area contributed by atoms with Crippen LogP contribution in [-0.4, -0.2) is 93.8 Å². The van der Waals surface area contributed by atoms with Gasteiger partial charge in [-0.15, -0.1) is 0 Å². The quantitative estimate of drug-likeness (QED) is 0.250. The number of ether oxygens (including phenoxy) is 4. The molecule has 2 aliphatic heterocycles. The summed E-state index contributed by atoms with van der Waals surface area (Å²) >= 11 is 0. The number of carbonyl (C=O) groups excluding carboxylic acids is 1. The van der Waals surface area contributed by atoms with E-state index in [1.54, 1.807) is 13.8 Å². The summed E-state index contributed by atoms with van der Waals surface area (Å²) in [4.78, 5) is 12.0. The molecule has 0 radical (unpaired) electrons. The number of hydrogen-bond acceptors (Lipinski definition) is 9. The van der Waals surface area contributed by atoms with E-state index in [4.69, 9.17) is 18.9 Å². The molecular weight excluding hydrogens is 607 g/mol. The number of alkyl halides is 1. The maximum atomic E-state index is 17.6. The predicted octanol–water partition coefficient (Wildman–Crippen LogP) is 4.30. The minimum Gasteiger partial charge on any atom is -0.457 e. The third kappa shape index (κ3) is 4.53. The summed E-state index contributed by atoms with van der Waals surface area (Å²) in [5.74, 6) is 0.315. The summed E-state index contributed by atoms with van der Waals surface area (Å²) in [5.41, 5.74) is -2.16. The molecule has 7 fully saturated rings. The van der Waals surface area contributed by atoms with Crippen LogP contribution in [0, 0.1) is 50.7 Å². The van der Waals surface area contributed by atoms with Gasteiger partial charge >= 0.3 is 5.97 Å². The molecule has 10 heteroatoms. The van der Waals surface area contributed by atoms with Crippen molar-refractivity contribution in [2.24, 2.45) is 50.7 Å². The third-order valence-corrected chi connectivity index (χ3v) is 15.8. The second-order valence-corrected chi connectivity index (χ2v) is 18.6. The van der Waals surface area contributed by atoms with Crippen molar-refractivity contribution in [2.75, 3.05) is 6.61 Å². The van der Waals surface area contributed by atoms with Crippen LogP contribution in [0.15, 0.2) is 0 Å². The third-order valence-electron chi connectivity index (χ3n) is 15.8. The molecule has 0 bridgehead atoms. The zero-order valence-electron chi connectivity index (χ0n) is 29.6. The lowest BCUT2D eigenvalue weighted by Gasteiger charge is -2.63. The van der Waals surface area contributed by atoms with Crippen LogP contribution in [0.3, 0.4) is 0 Å². The van der Waals surface area contributed by atoms with Gasteiger partial charge < -0.3 is 39.4 Å². The van der Waals surface area contributed by atoms with Crippen LogP contribution in [0.2, 0.25) is 0 Å². The summed E-state index contributed by atoms with van der Waals surface area (Å²) < 4.78 is 41.9. The number of halogens is 1. The largest absolute Gasteiger partial charge is 0.457 e. The number of fused-ring (bicyclic) bond motifs is 4. The van der Waals surface area contributed by atoms with Gasteiger partial charge in [0, 0.05) is 12.3 Å². The number of carbonyl (C=O) groups is 1. The van der Waals surface area contributed by atoms with Crippen molar-refractivity contribution in [1.29, 1.82) is 0 Å². The Hall–Kier alpha value is -0.880. The first-order valence-corrected chi connectivity index (χ1v) is 18.3. The van der Waals surface area contributed by atoms with Crippen molar-refractivity contribution < 1.29 is 48.6 Å². The SMILES string of the molecule is CC(=O)OC(C1CC(C)C2C(O1)C(F)C1(C)C3CCC4C(C)(C)C(OC5OCC(O)C(O)C5O)CCC45CC35CCC21C)C(C)(C)O. The van der Waals surface area contributed by atoms with E-state index in [0.717, 1.165) is 44.9 Å². The molecule has 47 heavy (non-hydrogen) atoms. The predicted molar refractivity (Wildman–Crippen MR) is 169 cm³/mol. The van der Waals surface area contributed by atoms with E-state index in [1.807, 2.05) is 0 Å². The zero-order chi connectivity index (χ0) is 34.3. The van der Waals surface area contributed by atoms with Crippen LogP contribution < -0.4 is 0 Å². The fraction of sp³-hybridized carbons (Fsp3) is 0.973. The van der Waals surface area contributed by atoms with Gasteiger partial charge in [-0.25, -0.2) is 4.39 Å². The average Bonchev–Trinajstić information content (AvgIpc) is 3.61. The highest BCUT2D eigenvalue weighted by Crippen LogP contribution is 2.89. The van der Waals surface area contributed by atoms with Gasteiger partial charge in [0.05, 0.1) is 30.5 Å². The van der Waals surface area contributed by atoms with Gasteiger partial charge in [0.1, 0.15) is 24.5 Å². The van der Waals surface area contributed by atoms with Gasteiger partial charge in [-0.3, -0.25) is 4.79 Å². The number of hydrogen-bond donors (Lipinski definition) is 4. The Morgan fingerprint density at radius 2 is 1.64 bits per heavy atom. The lowest BCUT2D eigenvalue weighted by Crippen LogP contribution is -2.60. The molecule has 17 atom stereocenters. The van der Waals surface area contributed by atoms with E-state index in [2.05, 4.69) is 34.6 Å². The zero-order valence-corrected chi connectivity index (χ0v) is 29.6. The minimum absolute atomic E-state index is 0.0414. The molecule has 268 valence electrons. The molecule has 2 heterocycles. The minimum atomic E-state index is -1.33. The monoisotopic (exact) mass is 666 g/mol. The van der Waals surface area contributed by atoms with E-state index < -0.39 is 66.1 Å². The summed E-state index contributed by atoms with van der Waals surface area (Å²) in [7, 11) is 0. The second kappa shape index (κ2) is 10.8. The molecule has 5 saturated carbocycles. The number of aliphatic hydroxyl groups excluding tert-OH is 3. The smallest absolute Gasteiger partial charge is 0.303 e. The first kappa shape index (κ1) is 34.6. The van der Waals surface area contributed by atoms with E-state index in [0.29, 0.717) is 12.3 Å². The first-order valence-electron chi connectivity index (χ1n) is 18.3. The normalized spacial score (nSPS) is 55.4. The highest BCUT2D eigenvalue weighted by molar-refractivity contribution is 5.66. The Morgan fingerprint density at radius 1 is 0.979 bits per heavy atom. The Bertz CT molecular complexity index is 1250. The molecule has 0 amide bonds. The standard InChI is InChI=1S/C37H59FO9/c1-18-15-21(30(33(5,6)43)45-19(2)39)46-28-25(18)34(7)13-14-37-17-36(37)12-11-24(47-31-27(42)26(41)20(40)16-44-31)32(3,4)22(36)9-10-23(37)35(34,8)29(28)38/h18,20-31,40-43H,9-17H2,1-8H3. The van der Waals surface area contributed by atoms with E-state index in [-0.39, 0.29) is 52.1 Å². The van der Waals surface area contributed by atoms with Crippen molar-refractivity contribution in [3.8, 4) is 0 Å². The molecule has 0 aromatic rings. The van der Waals surface area contributed by atoms with Crippen LogP contribution in [-0.2, 0) is 23.7 Å². The van der Waals surface area contributed by atoms with Gasteiger partial charge in [0.15, 0.2) is 12.4 Å². The number of esters is 1. The van der Waals surface area contributed by atoms with Gasteiger partial charge in [-0.1, -0.05) is 34.6 Å². The molecule has 5 aliphatic carbocycles. The van der Waals surface area contributed by atoms with Crippen molar-refractivity contribution in [3.05, 3.63) is 0 Å². The van der Waals surface area contributed by atoms with Crippen molar-refractivity contribution in [3.63, 3.8) is 0 Å².